The highest BCUT2D eigenvalue weighted by atomic mass is 35.5. The highest BCUT2D eigenvalue weighted by Crippen LogP contribution is 2.29. The Labute approximate surface area is 123 Å². The van der Waals surface area contributed by atoms with Crippen LogP contribution in [0.3, 0.4) is 0 Å². The molecule has 0 bridgehead atoms. The zero-order valence-corrected chi connectivity index (χ0v) is 12.5. The molecule has 0 saturated carbocycles. The number of fused-ring (bicyclic) bond motifs is 1. The third-order valence-corrected chi connectivity index (χ3v) is 3.65. The summed E-state index contributed by atoms with van der Waals surface area (Å²) in [5.41, 5.74) is 1.67. The van der Waals surface area contributed by atoms with Gasteiger partial charge in [-0.2, -0.15) is 0 Å². The molecule has 4 nitrogen and oxygen atoms in total. The summed E-state index contributed by atoms with van der Waals surface area (Å²) in [6, 6.07) is 7.70. The van der Waals surface area contributed by atoms with Crippen molar-refractivity contribution >= 4 is 28.5 Å². The van der Waals surface area contributed by atoms with Gasteiger partial charge in [0.1, 0.15) is 5.58 Å². The molecule has 2 aromatic rings. The van der Waals surface area contributed by atoms with E-state index in [1.807, 2.05) is 38.1 Å². The van der Waals surface area contributed by atoms with Crippen molar-refractivity contribution in [2.24, 2.45) is 0 Å². The third-order valence-electron chi connectivity index (χ3n) is 3.34. The lowest BCUT2D eigenvalue weighted by atomic mass is 10.2. The highest BCUT2D eigenvalue weighted by molar-refractivity contribution is 6.30. The lowest BCUT2D eigenvalue weighted by Crippen LogP contribution is -2.37. The van der Waals surface area contributed by atoms with Crippen molar-refractivity contribution in [1.29, 1.82) is 0 Å². The molecule has 0 saturated heterocycles. The average molecular weight is 295 g/mol. The van der Waals surface area contributed by atoms with Gasteiger partial charge in [0.05, 0.1) is 6.54 Å². The van der Waals surface area contributed by atoms with Gasteiger partial charge in [-0.3, -0.25) is 4.79 Å². The molecule has 0 unspecified atom stereocenters. The zero-order chi connectivity index (χ0) is 14.5. The number of para-hydroxylation sites is 1. The van der Waals surface area contributed by atoms with E-state index in [-0.39, 0.29) is 5.91 Å². The second-order valence-electron chi connectivity index (χ2n) is 4.52. The molecule has 0 spiro atoms. The minimum Gasteiger partial charge on any atom is -0.444 e. The predicted molar refractivity (Wildman–Crippen MR) is 80.9 cm³/mol. The second-order valence-corrected chi connectivity index (χ2v) is 4.86. The van der Waals surface area contributed by atoms with Crippen LogP contribution in [0.15, 0.2) is 28.7 Å². The summed E-state index contributed by atoms with van der Waals surface area (Å²) in [4.78, 5) is 13.7. The maximum atomic E-state index is 11.9. The van der Waals surface area contributed by atoms with Crippen molar-refractivity contribution in [3.63, 3.8) is 0 Å². The number of amides is 1. The average Bonchev–Trinajstić information content (AvgIpc) is 2.76. The molecule has 0 aliphatic carbocycles. The van der Waals surface area contributed by atoms with E-state index in [4.69, 9.17) is 16.0 Å². The number of likely N-dealkylation sites (N-methyl/N-ethyl adjacent to an activating group) is 1. The fourth-order valence-corrected chi connectivity index (χ4v) is 2.47. The summed E-state index contributed by atoms with van der Waals surface area (Å²) in [6.07, 6.45) is 0. The predicted octanol–water partition coefficient (Wildman–Crippen LogP) is 3.04. The summed E-state index contributed by atoms with van der Waals surface area (Å²) in [5.74, 6) is 0.0962. The van der Waals surface area contributed by atoms with Crippen LogP contribution < -0.4 is 5.32 Å². The topological polar surface area (TPSA) is 45.5 Å². The summed E-state index contributed by atoms with van der Waals surface area (Å²) in [5, 5.41) is 4.50. The van der Waals surface area contributed by atoms with E-state index < -0.39 is 0 Å². The van der Waals surface area contributed by atoms with Gasteiger partial charge in [0.25, 0.3) is 0 Å². The number of nitrogens with one attached hydrogen (secondary N) is 1. The first-order chi connectivity index (χ1) is 9.67. The third kappa shape index (κ3) is 3.14. The first kappa shape index (κ1) is 14.9. The van der Waals surface area contributed by atoms with E-state index in [1.165, 1.54) is 0 Å². The number of hydrogen-bond acceptors (Lipinski definition) is 3. The molecular weight excluding hydrogens is 276 g/mol. The van der Waals surface area contributed by atoms with E-state index in [9.17, 15) is 4.79 Å². The van der Waals surface area contributed by atoms with Crippen molar-refractivity contribution in [2.75, 3.05) is 19.6 Å². The summed E-state index contributed by atoms with van der Waals surface area (Å²) >= 11 is 6.10. The zero-order valence-electron chi connectivity index (χ0n) is 11.8. The number of nitrogens with zero attached hydrogens (tertiary/aromatic N) is 1. The molecule has 0 aliphatic rings. The Hall–Kier alpha value is -1.52. The SMILES string of the molecule is CCN(CC)C(=O)CNCc1c(Cl)oc2ccccc12. The van der Waals surface area contributed by atoms with E-state index in [0.29, 0.717) is 18.3 Å². The van der Waals surface area contributed by atoms with Gasteiger partial charge in [0.2, 0.25) is 5.91 Å². The Morgan fingerprint density at radius 1 is 1.30 bits per heavy atom. The van der Waals surface area contributed by atoms with Gasteiger partial charge in [-0.25, -0.2) is 0 Å². The van der Waals surface area contributed by atoms with Gasteiger partial charge >= 0.3 is 0 Å². The minimum absolute atomic E-state index is 0.0962. The van der Waals surface area contributed by atoms with Crippen LogP contribution in [0.2, 0.25) is 5.22 Å². The van der Waals surface area contributed by atoms with Crippen LogP contribution in [0, 0.1) is 0 Å². The Morgan fingerprint density at radius 3 is 2.70 bits per heavy atom. The number of furan rings is 1. The maximum Gasteiger partial charge on any atom is 0.236 e. The van der Waals surface area contributed by atoms with Crippen molar-refractivity contribution in [3.05, 3.63) is 35.0 Å². The molecule has 1 amide bonds. The standard InChI is InChI=1S/C15H19ClN2O2/c1-3-18(4-2)14(19)10-17-9-12-11-7-5-6-8-13(11)20-15(12)16/h5-8,17H,3-4,9-10H2,1-2H3. The molecule has 0 aliphatic heterocycles. The Morgan fingerprint density at radius 2 is 2.00 bits per heavy atom. The molecule has 5 heteroatoms. The molecule has 1 aromatic carbocycles. The van der Waals surface area contributed by atoms with Gasteiger partial charge in [-0.05, 0) is 31.5 Å². The fraction of sp³-hybridized carbons (Fsp3) is 0.400. The minimum atomic E-state index is 0.0962. The lowest BCUT2D eigenvalue weighted by Gasteiger charge is -2.18. The monoisotopic (exact) mass is 294 g/mol. The van der Waals surface area contributed by atoms with Gasteiger partial charge < -0.3 is 14.6 Å². The normalized spacial score (nSPS) is 10.9. The van der Waals surface area contributed by atoms with Gasteiger partial charge in [-0.1, -0.05) is 18.2 Å². The van der Waals surface area contributed by atoms with Crippen LogP contribution in [-0.2, 0) is 11.3 Å². The van der Waals surface area contributed by atoms with Crippen LogP contribution in [0.25, 0.3) is 11.0 Å². The Balaban J connectivity index is 2.00. The molecule has 0 atom stereocenters. The number of rotatable bonds is 6. The molecular formula is C15H19ClN2O2. The van der Waals surface area contributed by atoms with Crippen molar-refractivity contribution in [1.82, 2.24) is 10.2 Å². The van der Waals surface area contributed by atoms with E-state index >= 15 is 0 Å². The number of carbonyl (C=O) groups is 1. The quantitative estimate of drug-likeness (QED) is 0.891. The molecule has 0 fully saturated rings. The fourth-order valence-electron chi connectivity index (χ4n) is 2.22. The van der Waals surface area contributed by atoms with Gasteiger partial charge in [-0.15, -0.1) is 0 Å². The molecule has 1 aromatic heterocycles. The molecule has 1 N–H and O–H groups in total. The molecule has 0 radical (unpaired) electrons. The first-order valence-corrected chi connectivity index (χ1v) is 7.19. The largest absolute Gasteiger partial charge is 0.444 e. The van der Waals surface area contributed by atoms with Crippen LogP contribution in [0.4, 0.5) is 0 Å². The second kappa shape index (κ2) is 6.77. The van der Waals surface area contributed by atoms with Crippen molar-refractivity contribution in [2.45, 2.75) is 20.4 Å². The summed E-state index contributed by atoms with van der Waals surface area (Å²) in [7, 11) is 0. The Bertz CT molecular complexity index is 591. The highest BCUT2D eigenvalue weighted by Gasteiger charge is 2.13. The van der Waals surface area contributed by atoms with Crippen LogP contribution in [0.1, 0.15) is 19.4 Å². The summed E-state index contributed by atoms with van der Waals surface area (Å²) in [6.45, 7) is 6.23. The molecule has 2 rings (SSSR count). The van der Waals surface area contributed by atoms with Gasteiger partial charge in [0, 0.05) is 30.6 Å². The van der Waals surface area contributed by atoms with Crippen molar-refractivity contribution in [3.8, 4) is 0 Å². The molecule has 108 valence electrons. The van der Waals surface area contributed by atoms with E-state index in [1.54, 1.807) is 4.90 Å². The van der Waals surface area contributed by atoms with Gasteiger partial charge in [0.15, 0.2) is 5.22 Å². The number of hydrogen-bond donors (Lipinski definition) is 1. The van der Waals surface area contributed by atoms with Crippen molar-refractivity contribution < 1.29 is 9.21 Å². The molecule has 20 heavy (non-hydrogen) atoms. The number of benzene rings is 1. The number of halogens is 1. The molecule has 1 heterocycles. The van der Waals surface area contributed by atoms with Crippen LogP contribution in [0.5, 0.6) is 0 Å². The van der Waals surface area contributed by atoms with E-state index in [0.717, 1.165) is 29.6 Å². The summed E-state index contributed by atoms with van der Waals surface area (Å²) < 4.78 is 5.48. The number of carbonyl (C=O) groups excluding carboxylic acids is 1. The first-order valence-electron chi connectivity index (χ1n) is 6.81. The van der Waals surface area contributed by atoms with Crippen LogP contribution >= 0.6 is 11.6 Å². The maximum absolute atomic E-state index is 11.9. The lowest BCUT2D eigenvalue weighted by molar-refractivity contribution is -0.129. The Kier molecular flexibility index (Phi) is 5.04. The van der Waals surface area contributed by atoms with Crippen LogP contribution in [-0.4, -0.2) is 30.4 Å². The van der Waals surface area contributed by atoms with E-state index in [2.05, 4.69) is 5.32 Å². The smallest absolute Gasteiger partial charge is 0.236 e.